The SMILES string of the molecule is COc1cc(N2CCN(C(=O)CN3CCC(c4ccc(Cn5ccc(=O)[nH]c5=O)cc4)CC3)CC2)ccc1Nc1ncc(Cl)c(Nc2ccccc2C(C)=O)n1. The van der Waals surface area contributed by atoms with Crippen LogP contribution in [0.3, 0.4) is 0 Å². The number of methoxy groups -OCH3 is 1. The van der Waals surface area contributed by atoms with Crippen molar-refractivity contribution in [2.75, 3.05) is 68.5 Å². The van der Waals surface area contributed by atoms with Crippen molar-refractivity contribution in [2.24, 2.45) is 0 Å². The summed E-state index contributed by atoms with van der Waals surface area (Å²) in [4.78, 5) is 66.5. The quantitative estimate of drug-likeness (QED) is 0.142. The molecule has 7 rings (SSSR count). The smallest absolute Gasteiger partial charge is 0.328 e. The number of benzene rings is 3. The fourth-order valence-electron chi connectivity index (χ4n) is 7.23. The first-order chi connectivity index (χ1) is 27.1. The molecule has 0 saturated carbocycles. The summed E-state index contributed by atoms with van der Waals surface area (Å²) in [6.45, 7) is 6.71. The first kappa shape index (κ1) is 38.3. The number of piperazine rings is 1. The van der Waals surface area contributed by atoms with E-state index in [0.29, 0.717) is 84.7 Å². The van der Waals surface area contributed by atoms with Crippen LogP contribution in [-0.2, 0) is 11.3 Å². The number of nitrogens with zero attached hydrogens (tertiary/aromatic N) is 6. The third-order valence-electron chi connectivity index (χ3n) is 10.4. The van der Waals surface area contributed by atoms with E-state index in [1.54, 1.807) is 25.3 Å². The standard InChI is InChI=1S/C41H44ClN9O5/c1-27(52)32-5-3-4-6-34(32)44-39-33(42)24-43-40(47-39)45-35-12-11-31(23-36(35)56-2)49-19-21-50(22-20-49)38(54)26-48-16-13-30(14-17-48)29-9-7-28(8-10-29)25-51-18-15-37(53)46-41(51)55/h3-12,15,18,23-24,30H,13-14,16-17,19-22,25-26H2,1-2H3,(H,46,53,55)(H2,43,44,45,47). The van der Waals surface area contributed by atoms with Crippen molar-refractivity contribution in [1.82, 2.24) is 29.3 Å². The maximum absolute atomic E-state index is 13.4. The van der Waals surface area contributed by atoms with E-state index < -0.39 is 11.2 Å². The van der Waals surface area contributed by atoms with Gasteiger partial charge in [0.2, 0.25) is 11.9 Å². The minimum absolute atomic E-state index is 0.0779. The molecule has 1 amide bonds. The molecular weight excluding hydrogens is 734 g/mol. The highest BCUT2D eigenvalue weighted by Gasteiger charge is 2.27. The molecular formula is C41H44ClN9O5. The van der Waals surface area contributed by atoms with Gasteiger partial charge in [-0.1, -0.05) is 48.0 Å². The average Bonchev–Trinajstić information content (AvgIpc) is 3.21. The highest BCUT2D eigenvalue weighted by atomic mass is 35.5. The number of anilines is 5. The first-order valence-electron chi connectivity index (χ1n) is 18.6. The summed E-state index contributed by atoms with van der Waals surface area (Å²) in [5.74, 6) is 1.76. The van der Waals surface area contributed by atoms with Crippen molar-refractivity contribution >= 4 is 52.1 Å². The fraction of sp³-hybridized carbons (Fsp3) is 0.317. The summed E-state index contributed by atoms with van der Waals surface area (Å²) < 4.78 is 7.22. The molecule has 2 fully saturated rings. The van der Waals surface area contributed by atoms with Gasteiger partial charge < -0.3 is 25.2 Å². The molecule has 0 bridgehead atoms. The van der Waals surface area contributed by atoms with Gasteiger partial charge >= 0.3 is 5.69 Å². The summed E-state index contributed by atoms with van der Waals surface area (Å²) in [5.41, 5.74) is 4.21. The minimum Gasteiger partial charge on any atom is -0.494 e. The van der Waals surface area contributed by atoms with E-state index in [-0.39, 0.29) is 11.7 Å². The predicted molar refractivity (Wildman–Crippen MR) is 217 cm³/mol. The van der Waals surface area contributed by atoms with Gasteiger partial charge in [-0.2, -0.15) is 4.98 Å². The van der Waals surface area contributed by atoms with Crippen molar-refractivity contribution < 1.29 is 14.3 Å². The van der Waals surface area contributed by atoms with Crippen LogP contribution in [0.2, 0.25) is 5.02 Å². The third-order valence-corrected chi connectivity index (χ3v) is 10.7. The van der Waals surface area contributed by atoms with E-state index in [1.165, 1.54) is 35.5 Å². The molecule has 15 heteroatoms. The molecule has 290 valence electrons. The molecule has 0 atom stereocenters. The number of piperidine rings is 1. The summed E-state index contributed by atoms with van der Waals surface area (Å²) in [6, 6.07) is 22.7. The Bertz CT molecular complexity index is 2310. The molecule has 4 heterocycles. The molecule has 14 nitrogen and oxygen atoms in total. The van der Waals surface area contributed by atoms with Gasteiger partial charge in [-0.05, 0) is 74.2 Å². The lowest BCUT2D eigenvalue weighted by Crippen LogP contribution is -2.51. The van der Waals surface area contributed by atoms with Crippen LogP contribution in [0.4, 0.5) is 28.8 Å². The van der Waals surface area contributed by atoms with Crippen LogP contribution in [-0.4, -0.2) is 93.9 Å². The van der Waals surface area contributed by atoms with Gasteiger partial charge in [0.25, 0.3) is 5.56 Å². The summed E-state index contributed by atoms with van der Waals surface area (Å²) >= 11 is 6.41. The van der Waals surface area contributed by atoms with E-state index in [0.717, 1.165) is 37.2 Å². The molecule has 56 heavy (non-hydrogen) atoms. The Morgan fingerprint density at radius 1 is 0.911 bits per heavy atom. The summed E-state index contributed by atoms with van der Waals surface area (Å²) in [5, 5.41) is 6.68. The molecule has 5 aromatic rings. The second-order valence-electron chi connectivity index (χ2n) is 14.0. The zero-order valence-electron chi connectivity index (χ0n) is 31.3. The van der Waals surface area contributed by atoms with Crippen LogP contribution in [0.25, 0.3) is 0 Å². The number of carbonyl (C=O) groups excluding carboxylic acids is 2. The van der Waals surface area contributed by atoms with Crippen LogP contribution in [0.15, 0.2) is 94.8 Å². The molecule has 3 aromatic carbocycles. The van der Waals surface area contributed by atoms with Gasteiger partial charge in [-0.15, -0.1) is 0 Å². The van der Waals surface area contributed by atoms with Gasteiger partial charge in [0.05, 0.1) is 37.8 Å². The molecule has 0 aliphatic carbocycles. The lowest BCUT2D eigenvalue weighted by Gasteiger charge is -2.38. The van der Waals surface area contributed by atoms with Gasteiger partial charge in [0.1, 0.15) is 10.8 Å². The van der Waals surface area contributed by atoms with Gasteiger partial charge in [-0.25, -0.2) is 9.78 Å². The average molecular weight is 778 g/mol. The van der Waals surface area contributed by atoms with Crippen LogP contribution < -0.4 is 31.5 Å². The Morgan fingerprint density at radius 2 is 1.66 bits per heavy atom. The highest BCUT2D eigenvalue weighted by molar-refractivity contribution is 6.33. The third kappa shape index (κ3) is 9.09. The van der Waals surface area contributed by atoms with Crippen LogP contribution in [0.1, 0.15) is 47.2 Å². The number of aromatic amines is 1. The van der Waals surface area contributed by atoms with E-state index in [4.69, 9.17) is 16.3 Å². The zero-order valence-corrected chi connectivity index (χ0v) is 32.1. The number of nitrogens with one attached hydrogen (secondary N) is 3. The van der Waals surface area contributed by atoms with Gasteiger partial charge in [0.15, 0.2) is 11.6 Å². The predicted octanol–water partition coefficient (Wildman–Crippen LogP) is 5.25. The Labute approximate surface area is 329 Å². The minimum atomic E-state index is -0.419. The number of ketones is 1. The Hall–Kier alpha value is -5.99. The number of amides is 1. The number of hydrogen-bond acceptors (Lipinski definition) is 11. The first-order valence-corrected chi connectivity index (χ1v) is 19.0. The molecule has 0 radical (unpaired) electrons. The normalized spacial score (nSPS) is 15.1. The number of hydrogen-bond donors (Lipinski definition) is 3. The van der Waals surface area contributed by atoms with Crippen molar-refractivity contribution in [1.29, 1.82) is 0 Å². The number of H-pyrrole nitrogens is 1. The lowest BCUT2D eigenvalue weighted by molar-refractivity contribution is -0.133. The van der Waals surface area contributed by atoms with Gasteiger partial charge in [-0.3, -0.25) is 28.8 Å². The van der Waals surface area contributed by atoms with Crippen LogP contribution >= 0.6 is 11.6 Å². The van der Waals surface area contributed by atoms with E-state index in [2.05, 4.69) is 47.5 Å². The van der Waals surface area contributed by atoms with E-state index in [1.807, 2.05) is 41.3 Å². The van der Waals surface area contributed by atoms with Crippen molar-refractivity contribution in [2.45, 2.75) is 32.2 Å². The Balaban J connectivity index is 0.885. The molecule has 3 N–H and O–H groups in total. The van der Waals surface area contributed by atoms with Crippen molar-refractivity contribution in [3.8, 4) is 5.75 Å². The second-order valence-corrected chi connectivity index (χ2v) is 14.4. The van der Waals surface area contributed by atoms with E-state index >= 15 is 0 Å². The number of ether oxygens (including phenoxy) is 1. The number of carbonyl (C=O) groups is 2. The lowest BCUT2D eigenvalue weighted by atomic mass is 9.89. The monoisotopic (exact) mass is 777 g/mol. The topological polar surface area (TPSA) is 158 Å². The van der Waals surface area contributed by atoms with E-state index in [9.17, 15) is 19.2 Å². The number of rotatable bonds is 12. The second kappa shape index (κ2) is 17.2. The number of likely N-dealkylation sites (tertiary alicyclic amines) is 1. The number of halogens is 1. The number of para-hydroxylation sites is 1. The van der Waals surface area contributed by atoms with Crippen molar-refractivity contribution in [3.05, 3.63) is 128 Å². The van der Waals surface area contributed by atoms with Crippen LogP contribution in [0.5, 0.6) is 5.75 Å². The maximum Gasteiger partial charge on any atom is 0.328 e. The number of Topliss-reactive ketones (excluding diaryl/α,β-unsaturated/α-hetero) is 1. The molecule has 2 aliphatic rings. The highest BCUT2D eigenvalue weighted by Crippen LogP contribution is 2.34. The number of aromatic nitrogens is 4. The zero-order chi connectivity index (χ0) is 39.2. The maximum atomic E-state index is 13.4. The molecule has 2 saturated heterocycles. The van der Waals surface area contributed by atoms with Crippen molar-refractivity contribution in [3.63, 3.8) is 0 Å². The Morgan fingerprint density at radius 3 is 2.38 bits per heavy atom. The molecule has 0 spiro atoms. The Kier molecular flexibility index (Phi) is 11.8. The van der Waals surface area contributed by atoms with Crippen LogP contribution in [0, 0.1) is 0 Å². The summed E-state index contributed by atoms with van der Waals surface area (Å²) in [7, 11) is 1.61. The fourth-order valence-corrected chi connectivity index (χ4v) is 7.37. The molecule has 2 aromatic heterocycles. The summed E-state index contributed by atoms with van der Waals surface area (Å²) in [6.07, 6.45) is 4.96. The van der Waals surface area contributed by atoms with Gasteiger partial charge in [0, 0.05) is 55.8 Å². The largest absolute Gasteiger partial charge is 0.494 e. The molecule has 2 aliphatic heterocycles. The molecule has 0 unspecified atom stereocenters.